The second kappa shape index (κ2) is 13.2. The molecule has 0 saturated carbocycles. The summed E-state index contributed by atoms with van der Waals surface area (Å²) in [5, 5.41) is 15.7. The first-order valence-corrected chi connectivity index (χ1v) is 16.6. The van der Waals surface area contributed by atoms with Crippen LogP contribution < -0.4 is 19.9 Å². The molecule has 3 aromatic rings. The fraction of sp³-hybridized carbons (Fsp3) is 0.528. The van der Waals surface area contributed by atoms with Gasteiger partial charge < -0.3 is 19.9 Å². The van der Waals surface area contributed by atoms with E-state index in [1.165, 1.54) is 27.6 Å². The Morgan fingerprint density at radius 2 is 1.91 bits per heavy atom. The van der Waals surface area contributed by atoms with Crippen molar-refractivity contribution in [3.8, 4) is 24.4 Å². The highest BCUT2D eigenvalue weighted by Gasteiger charge is 2.35. The predicted octanol–water partition coefficient (Wildman–Crippen LogP) is 3.74. The molecule has 234 valence electrons. The second-order valence-electron chi connectivity index (χ2n) is 13.0. The van der Waals surface area contributed by atoms with E-state index in [1.807, 2.05) is 0 Å². The minimum absolute atomic E-state index is 0.183. The van der Waals surface area contributed by atoms with Gasteiger partial charge in [-0.1, -0.05) is 30.3 Å². The van der Waals surface area contributed by atoms with Crippen LogP contribution in [0.1, 0.15) is 42.5 Å². The molecule has 0 spiro atoms. The maximum atomic E-state index is 9.68. The van der Waals surface area contributed by atoms with Gasteiger partial charge in [0.25, 0.3) is 0 Å². The Morgan fingerprint density at radius 3 is 2.73 bits per heavy atom. The molecule has 9 heteroatoms. The van der Waals surface area contributed by atoms with E-state index in [1.54, 1.807) is 0 Å². The van der Waals surface area contributed by atoms with Crippen molar-refractivity contribution in [2.24, 2.45) is 0 Å². The predicted molar refractivity (Wildman–Crippen MR) is 179 cm³/mol. The molecule has 0 amide bonds. The van der Waals surface area contributed by atoms with Gasteiger partial charge in [0.1, 0.15) is 12.4 Å². The molecule has 2 aromatic carbocycles. The Morgan fingerprint density at radius 1 is 1.04 bits per heavy atom. The van der Waals surface area contributed by atoms with Crippen LogP contribution in [0, 0.1) is 30.6 Å². The normalized spacial score (nSPS) is 23.5. The average molecular weight is 605 g/mol. The summed E-state index contributed by atoms with van der Waals surface area (Å²) >= 11 is 0. The van der Waals surface area contributed by atoms with Crippen molar-refractivity contribution in [3.05, 3.63) is 53.2 Å². The van der Waals surface area contributed by atoms with Crippen molar-refractivity contribution in [1.29, 1.82) is 5.26 Å². The Labute approximate surface area is 267 Å². The van der Waals surface area contributed by atoms with Gasteiger partial charge >= 0.3 is 6.01 Å². The van der Waals surface area contributed by atoms with E-state index in [4.69, 9.17) is 21.1 Å². The molecule has 1 N–H and O–H groups in total. The molecule has 0 aliphatic carbocycles. The van der Waals surface area contributed by atoms with Crippen molar-refractivity contribution in [2.75, 3.05) is 68.8 Å². The fourth-order valence-electron chi connectivity index (χ4n) is 7.57. The zero-order chi connectivity index (χ0) is 30.8. The Balaban J connectivity index is 1.18. The van der Waals surface area contributed by atoms with Crippen LogP contribution in [-0.4, -0.2) is 96.9 Å². The van der Waals surface area contributed by atoms with Gasteiger partial charge in [0, 0.05) is 87.0 Å². The number of benzene rings is 2. The quantitative estimate of drug-likeness (QED) is 0.274. The number of ether oxygens (including phenoxy) is 1. The molecule has 1 aromatic heterocycles. The highest BCUT2D eigenvalue weighted by Crippen LogP contribution is 2.36. The lowest BCUT2D eigenvalue weighted by molar-refractivity contribution is 0.166. The third-order valence-corrected chi connectivity index (χ3v) is 10.1. The van der Waals surface area contributed by atoms with Gasteiger partial charge in [-0.3, -0.25) is 9.80 Å². The van der Waals surface area contributed by atoms with Gasteiger partial charge in [-0.15, -0.1) is 12.3 Å². The standard InChI is InChI=1S/C36H44N8O/c1-3-4-16-41-17-7-11-30(41)25-45-36-39-32-24-43(33-12-6-10-27-9-5-8-26(2)34(27)33)18-14-31(32)35(40-36)44-20-19-42(22-28-21-38-28)29(23-44)13-15-37/h1,5-6,8-10,12,28-30,38H,4,7,11,13-14,16-25H2,2H3/t28-,29-,30-/m0/s1. The Bertz CT molecular complexity index is 1600. The fourth-order valence-corrected chi connectivity index (χ4v) is 7.57. The van der Waals surface area contributed by atoms with Crippen LogP contribution in [0.25, 0.3) is 10.8 Å². The molecule has 3 fully saturated rings. The third-order valence-electron chi connectivity index (χ3n) is 10.1. The van der Waals surface area contributed by atoms with E-state index >= 15 is 0 Å². The van der Waals surface area contributed by atoms with Crippen molar-refractivity contribution in [1.82, 2.24) is 25.1 Å². The number of likely N-dealkylation sites (tertiary alicyclic amines) is 1. The first kappa shape index (κ1) is 29.8. The number of terminal acetylenes is 1. The van der Waals surface area contributed by atoms with Crippen LogP contribution >= 0.6 is 0 Å². The highest BCUT2D eigenvalue weighted by atomic mass is 16.5. The van der Waals surface area contributed by atoms with E-state index in [2.05, 4.69) is 80.2 Å². The smallest absolute Gasteiger partial charge is 0.318 e. The van der Waals surface area contributed by atoms with Crippen LogP contribution in [0.3, 0.4) is 0 Å². The molecule has 9 nitrogen and oxygen atoms in total. The lowest BCUT2D eigenvalue weighted by atomic mass is 9.99. The van der Waals surface area contributed by atoms with Crippen LogP contribution in [0.4, 0.5) is 11.5 Å². The molecule has 5 heterocycles. The van der Waals surface area contributed by atoms with E-state index < -0.39 is 0 Å². The largest absolute Gasteiger partial charge is 0.462 e. The summed E-state index contributed by atoms with van der Waals surface area (Å²) in [5.41, 5.74) is 4.81. The van der Waals surface area contributed by atoms with Crippen molar-refractivity contribution in [2.45, 2.75) is 63.7 Å². The van der Waals surface area contributed by atoms with Gasteiger partial charge in [0.2, 0.25) is 0 Å². The number of aromatic nitrogens is 2. The number of nitrogens with one attached hydrogen (secondary N) is 1. The number of rotatable bonds is 10. The zero-order valence-electron chi connectivity index (χ0n) is 26.4. The molecule has 4 aliphatic heterocycles. The number of piperazine rings is 1. The maximum Gasteiger partial charge on any atom is 0.318 e. The first-order chi connectivity index (χ1) is 22.1. The van der Waals surface area contributed by atoms with Crippen LogP contribution in [0.2, 0.25) is 0 Å². The monoisotopic (exact) mass is 604 g/mol. The molecule has 0 radical (unpaired) electrons. The van der Waals surface area contributed by atoms with Crippen molar-refractivity contribution >= 4 is 22.3 Å². The Kier molecular flexibility index (Phi) is 8.76. The van der Waals surface area contributed by atoms with Gasteiger partial charge in [-0.05, 0) is 49.7 Å². The number of hydrogen-bond acceptors (Lipinski definition) is 9. The summed E-state index contributed by atoms with van der Waals surface area (Å²) in [7, 11) is 0. The van der Waals surface area contributed by atoms with E-state index in [-0.39, 0.29) is 6.04 Å². The number of aryl methyl sites for hydroxylation is 1. The minimum atomic E-state index is 0.183. The molecule has 3 saturated heterocycles. The van der Waals surface area contributed by atoms with Crippen LogP contribution in [0.15, 0.2) is 36.4 Å². The van der Waals surface area contributed by atoms with E-state index in [0.717, 1.165) is 89.6 Å². The van der Waals surface area contributed by atoms with Gasteiger partial charge in [0.15, 0.2) is 0 Å². The van der Waals surface area contributed by atoms with Crippen LogP contribution in [0.5, 0.6) is 6.01 Å². The molecule has 0 unspecified atom stereocenters. The lowest BCUT2D eigenvalue weighted by Gasteiger charge is -2.42. The first-order valence-electron chi connectivity index (χ1n) is 16.6. The average Bonchev–Trinajstić information content (AvgIpc) is 3.77. The summed E-state index contributed by atoms with van der Waals surface area (Å²) in [6.07, 6.45) is 9.97. The van der Waals surface area contributed by atoms with Crippen molar-refractivity contribution < 1.29 is 4.74 Å². The van der Waals surface area contributed by atoms with Gasteiger partial charge in [-0.2, -0.15) is 15.2 Å². The van der Waals surface area contributed by atoms with E-state index in [9.17, 15) is 5.26 Å². The molecule has 4 aliphatic rings. The number of nitriles is 1. The molecule has 7 rings (SSSR count). The molecular weight excluding hydrogens is 560 g/mol. The number of fused-ring (bicyclic) bond motifs is 2. The van der Waals surface area contributed by atoms with Gasteiger partial charge in [0.05, 0.1) is 24.7 Å². The lowest BCUT2D eigenvalue weighted by Crippen LogP contribution is -2.54. The highest BCUT2D eigenvalue weighted by molar-refractivity contribution is 5.97. The number of hydrogen-bond donors (Lipinski definition) is 1. The zero-order valence-corrected chi connectivity index (χ0v) is 26.4. The summed E-state index contributed by atoms with van der Waals surface area (Å²) in [5.74, 6) is 3.78. The summed E-state index contributed by atoms with van der Waals surface area (Å²) in [6.45, 7) is 11.0. The SMILES string of the molecule is C#CCCN1CCC[C@H]1COc1nc2c(c(N3CCN(C[C@@H]4CN4)[C@@H](CC#N)C3)n1)CCN(c1cccc3cccc(C)c13)C2. The summed E-state index contributed by atoms with van der Waals surface area (Å²) in [4.78, 5) is 20.0. The van der Waals surface area contributed by atoms with Crippen molar-refractivity contribution in [3.63, 3.8) is 0 Å². The van der Waals surface area contributed by atoms with E-state index in [0.29, 0.717) is 37.7 Å². The molecule has 0 bridgehead atoms. The molecule has 3 atom stereocenters. The maximum absolute atomic E-state index is 9.68. The number of nitrogens with zero attached hydrogens (tertiary/aromatic N) is 7. The second-order valence-corrected chi connectivity index (χ2v) is 13.0. The van der Waals surface area contributed by atoms with Crippen LogP contribution in [-0.2, 0) is 13.0 Å². The summed E-state index contributed by atoms with van der Waals surface area (Å²) in [6, 6.07) is 17.1. The topological polar surface area (TPSA) is 93.7 Å². The molecule has 45 heavy (non-hydrogen) atoms. The third kappa shape index (κ3) is 6.44. The Hall–Kier alpha value is -3.89. The molecular formula is C36H44N8O. The minimum Gasteiger partial charge on any atom is -0.462 e. The summed E-state index contributed by atoms with van der Waals surface area (Å²) < 4.78 is 6.45. The van der Waals surface area contributed by atoms with Gasteiger partial charge in [-0.25, -0.2) is 0 Å². The number of anilines is 2.